The lowest BCUT2D eigenvalue weighted by atomic mass is 10.2. The summed E-state index contributed by atoms with van der Waals surface area (Å²) in [5.41, 5.74) is 10.2. The second-order valence-electron chi connectivity index (χ2n) is 3.00. The van der Waals surface area contributed by atoms with Gasteiger partial charge in [0.2, 0.25) is 0 Å². The van der Waals surface area contributed by atoms with Gasteiger partial charge >= 0.3 is 0 Å². The number of phenolic OH excluding ortho intramolecular Hbond substituents is 1. The van der Waals surface area contributed by atoms with Gasteiger partial charge in [-0.25, -0.2) is 0 Å². The van der Waals surface area contributed by atoms with Gasteiger partial charge in [0.05, 0.1) is 0 Å². The number of rotatable bonds is 2. The summed E-state index contributed by atoms with van der Waals surface area (Å²) in [4.78, 5) is -0.262. The molecule has 0 atom stereocenters. The Morgan fingerprint density at radius 2 is 1.75 bits per heavy atom. The number of aromatic hydroxyl groups is 1. The second kappa shape index (κ2) is 6.44. The van der Waals surface area contributed by atoms with Crippen molar-refractivity contribution >= 4 is 10.1 Å². The van der Waals surface area contributed by atoms with Crippen molar-refractivity contribution in [2.45, 2.75) is 11.8 Å². The minimum atomic E-state index is -4.22. The molecular weight excluding hydrogens is 232 g/mol. The molecule has 7 heteroatoms. The number of nitrogens with two attached hydrogens (primary N) is 2. The quantitative estimate of drug-likeness (QED) is 0.539. The van der Waals surface area contributed by atoms with Crippen LogP contribution in [0.15, 0.2) is 23.1 Å². The summed E-state index contributed by atoms with van der Waals surface area (Å²) >= 11 is 0. The third kappa shape index (κ3) is 5.08. The van der Waals surface area contributed by atoms with E-state index < -0.39 is 10.1 Å². The van der Waals surface area contributed by atoms with Gasteiger partial charge < -0.3 is 16.6 Å². The smallest absolute Gasteiger partial charge is 0.294 e. The molecule has 92 valence electrons. The molecule has 1 aromatic rings. The highest BCUT2D eigenvalue weighted by Crippen LogP contribution is 2.19. The Balaban J connectivity index is 0.000000487. The molecule has 0 bridgehead atoms. The Morgan fingerprint density at radius 3 is 2.06 bits per heavy atom. The van der Waals surface area contributed by atoms with E-state index in [0.29, 0.717) is 18.7 Å². The third-order valence-electron chi connectivity index (χ3n) is 1.62. The van der Waals surface area contributed by atoms with E-state index in [4.69, 9.17) is 21.1 Å². The Bertz CT molecular complexity index is 429. The summed E-state index contributed by atoms with van der Waals surface area (Å²) in [5, 5.41) is 8.93. The molecule has 0 aliphatic carbocycles. The van der Waals surface area contributed by atoms with E-state index in [9.17, 15) is 8.42 Å². The summed E-state index contributed by atoms with van der Waals surface area (Å²) in [6.07, 6.45) is 0. The molecule has 0 saturated heterocycles. The lowest BCUT2D eigenvalue weighted by Crippen LogP contribution is -2.11. The Labute approximate surface area is 94.6 Å². The molecule has 0 spiro atoms. The molecule has 6 N–H and O–H groups in total. The van der Waals surface area contributed by atoms with Crippen molar-refractivity contribution in [3.8, 4) is 5.75 Å². The zero-order valence-corrected chi connectivity index (χ0v) is 9.74. The number of phenols is 1. The van der Waals surface area contributed by atoms with Crippen molar-refractivity contribution < 1.29 is 18.1 Å². The lowest BCUT2D eigenvalue weighted by Gasteiger charge is -2.01. The standard InChI is InChI=1S/C7H8O4S.C2H8N2/c1-5-2-3-6(8)4-7(5)12(9,10)11;3-1-2-4/h2-4,8H,1H3,(H,9,10,11);1-4H2. The molecule has 0 heterocycles. The first-order valence-electron chi connectivity index (χ1n) is 4.50. The molecule has 0 unspecified atom stereocenters. The maximum absolute atomic E-state index is 10.7. The van der Waals surface area contributed by atoms with Crippen LogP contribution in [0.1, 0.15) is 5.56 Å². The largest absolute Gasteiger partial charge is 0.508 e. The Hall–Kier alpha value is -1.15. The monoisotopic (exact) mass is 248 g/mol. The fourth-order valence-corrected chi connectivity index (χ4v) is 1.61. The minimum Gasteiger partial charge on any atom is -0.508 e. The van der Waals surface area contributed by atoms with E-state index in [1.165, 1.54) is 19.1 Å². The van der Waals surface area contributed by atoms with Crippen LogP contribution in [0.25, 0.3) is 0 Å². The van der Waals surface area contributed by atoms with Crippen molar-refractivity contribution in [2.75, 3.05) is 13.1 Å². The highest BCUT2D eigenvalue weighted by Gasteiger charge is 2.12. The normalized spacial score (nSPS) is 10.5. The van der Waals surface area contributed by atoms with Crippen molar-refractivity contribution in [3.63, 3.8) is 0 Å². The molecule has 0 radical (unpaired) electrons. The van der Waals surface area contributed by atoms with Gasteiger partial charge in [0.25, 0.3) is 10.1 Å². The summed E-state index contributed by atoms with van der Waals surface area (Å²) < 4.78 is 30.0. The van der Waals surface area contributed by atoms with Crippen molar-refractivity contribution in [2.24, 2.45) is 11.5 Å². The number of aryl methyl sites for hydroxylation is 1. The van der Waals surface area contributed by atoms with Crippen molar-refractivity contribution in [3.05, 3.63) is 23.8 Å². The van der Waals surface area contributed by atoms with E-state index in [2.05, 4.69) is 0 Å². The molecule has 16 heavy (non-hydrogen) atoms. The molecule has 6 nitrogen and oxygen atoms in total. The van der Waals surface area contributed by atoms with Crippen LogP contribution < -0.4 is 11.5 Å². The second-order valence-corrected chi connectivity index (χ2v) is 4.39. The van der Waals surface area contributed by atoms with E-state index in [1.54, 1.807) is 0 Å². The Kier molecular flexibility index (Phi) is 5.97. The van der Waals surface area contributed by atoms with Crippen LogP contribution in [0, 0.1) is 6.92 Å². The van der Waals surface area contributed by atoms with E-state index in [-0.39, 0.29) is 10.6 Å². The van der Waals surface area contributed by atoms with Crippen LogP contribution in [0.2, 0.25) is 0 Å². The summed E-state index contributed by atoms with van der Waals surface area (Å²) in [6, 6.07) is 3.77. The SMILES string of the molecule is Cc1ccc(O)cc1S(=O)(=O)O.NCCN. The maximum atomic E-state index is 10.7. The van der Waals surface area contributed by atoms with E-state index in [0.717, 1.165) is 6.07 Å². The summed E-state index contributed by atoms with van der Waals surface area (Å²) in [7, 11) is -4.22. The number of hydrogen-bond acceptors (Lipinski definition) is 5. The minimum absolute atomic E-state index is 0.187. The van der Waals surface area contributed by atoms with Crippen LogP contribution in [0.5, 0.6) is 5.75 Å². The first kappa shape index (κ1) is 14.8. The average Bonchev–Trinajstić information content (AvgIpc) is 2.20. The van der Waals surface area contributed by atoms with E-state index in [1.807, 2.05) is 0 Å². The molecule has 0 saturated carbocycles. The lowest BCUT2D eigenvalue weighted by molar-refractivity contribution is 0.465. The molecule has 1 rings (SSSR count). The Morgan fingerprint density at radius 1 is 1.25 bits per heavy atom. The molecule has 0 fully saturated rings. The highest BCUT2D eigenvalue weighted by atomic mass is 32.2. The number of hydrogen-bond donors (Lipinski definition) is 4. The van der Waals surface area contributed by atoms with Gasteiger partial charge in [-0.2, -0.15) is 8.42 Å². The zero-order chi connectivity index (χ0) is 12.8. The molecule has 0 amide bonds. The predicted molar refractivity (Wildman–Crippen MR) is 60.8 cm³/mol. The first-order chi connectivity index (χ1) is 7.32. The fourth-order valence-electron chi connectivity index (χ4n) is 0.867. The molecule has 0 aliphatic rings. The van der Waals surface area contributed by atoms with Crippen LogP contribution in [0.3, 0.4) is 0 Å². The van der Waals surface area contributed by atoms with E-state index >= 15 is 0 Å². The first-order valence-corrected chi connectivity index (χ1v) is 5.94. The van der Waals surface area contributed by atoms with Gasteiger partial charge in [-0.05, 0) is 18.6 Å². The van der Waals surface area contributed by atoms with Crippen molar-refractivity contribution in [1.82, 2.24) is 0 Å². The molecule has 1 aromatic carbocycles. The van der Waals surface area contributed by atoms with Gasteiger partial charge in [-0.3, -0.25) is 4.55 Å². The average molecular weight is 248 g/mol. The topological polar surface area (TPSA) is 127 Å². The van der Waals surface area contributed by atoms with Crippen molar-refractivity contribution in [1.29, 1.82) is 0 Å². The van der Waals surface area contributed by atoms with Gasteiger partial charge in [0.1, 0.15) is 10.6 Å². The van der Waals surface area contributed by atoms with Gasteiger partial charge in [-0.1, -0.05) is 6.07 Å². The molecule has 0 aromatic heterocycles. The third-order valence-corrected chi connectivity index (χ3v) is 2.61. The van der Waals surface area contributed by atoms with Crippen LogP contribution in [-0.4, -0.2) is 31.2 Å². The fraction of sp³-hybridized carbons (Fsp3) is 0.333. The molecular formula is C9H16N2O4S. The maximum Gasteiger partial charge on any atom is 0.294 e. The highest BCUT2D eigenvalue weighted by molar-refractivity contribution is 7.85. The van der Waals surface area contributed by atoms with Crippen LogP contribution in [0.4, 0.5) is 0 Å². The van der Waals surface area contributed by atoms with Crippen LogP contribution >= 0.6 is 0 Å². The zero-order valence-electron chi connectivity index (χ0n) is 8.92. The van der Waals surface area contributed by atoms with Gasteiger partial charge in [-0.15, -0.1) is 0 Å². The predicted octanol–water partition coefficient (Wildman–Crippen LogP) is -0.149. The van der Waals surface area contributed by atoms with Gasteiger partial charge in [0, 0.05) is 19.2 Å². The van der Waals surface area contributed by atoms with Gasteiger partial charge in [0.15, 0.2) is 0 Å². The summed E-state index contributed by atoms with van der Waals surface area (Å²) in [6.45, 7) is 2.72. The number of benzene rings is 1. The molecule has 0 aliphatic heterocycles. The summed E-state index contributed by atoms with van der Waals surface area (Å²) in [5.74, 6) is -0.187. The van der Waals surface area contributed by atoms with Crippen LogP contribution in [-0.2, 0) is 10.1 Å².